The van der Waals surface area contributed by atoms with Gasteiger partial charge in [0.2, 0.25) is 0 Å². The molecule has 1 aromatic carbocycles. The molecule has 44 heteroatoms. The normalized spacial score (nSPS) is 20.7. The molecule has 1 unspecified atom stereocenters. The van der Waals surface area contributed by atoms with Gasteiger partial charge in [0.15, 0.2) is 58.2 Å². The van der Waals surface area contributed by atoms with Crippen LogP contribution in [0.15, 0.2) is 125 Å². The first-order chi connectivity index (χ1) is 63.2. The monoisotopic (exact) mass is 1980 g/mol. The lowest BCUT2D eigenvalue weighted by Gasteiger charge is -2.34. The predicted molar refractivity (Wildman–Crippen MR) is 528 cm³/mol. The number of halogens is 3. The van der Waals surface area contributed by atoms with E-state index in [-0.39, 0.29) is 46.0 Å². The van der Waals surface area contributed by atoms with E-state index in [0.717, 1.165) is 145 Å². The number of hydrogen-bond acceptors (Lipinski definition) is 35. The van der Waals surface area contributed by atoms with Crippen LogP contribution in [0, 0.1) is 20.8 Å². The van der Waals surface area contributed by atoms with Gasteiger partial charge < -0.3 is 52.9 Å². The second kappa shape index (κ2) is 43.2. The molecule has 133 heavy (non-hydrogen) atoms. The number of pyridine rings is 3. The van der Waals surface area contributed by atoms with Crippen molar-refractivity contribution in [3.05, 3.63) is 136 Å². The quantitative estimate of drug-likeness (QED) is 0.0735. The van der Waals surface area contributed by atoms with Crippen molar-refractivity contribution in [1.82, 2.24) is 75.0 Å². The van der Waals surface area contributed by atoms with Gasteiger partial charge in [-0.1, -0.05) is 46.9 Å². The Morgan fingerprint density at radius 3 is 0.887 bits per heavy atom. The lowest BCUT2D eigenvalue weighted by atomic mass is 10.2. The number of rotatable bonds is 19. The molecule has 18 rings (SSSR count). The molecular formula is C89H116Cl3N25O11S5. The summed E-state index contributed by atoms with van der Waals surface area (Å²) in [5.41, 5.74) is 6.18. The maximum absolute atomic E-state index is 12.9. The van der Waals surface area contributed by atoms with Gasteiger partial charge in [-0.2, -0.15) is 26.9 Å². The van der Waals surface area contributed by atoms with E-state index in [1.165, 1.54) is 0 Å². The van der Waals surface area contributed by atoms with Crippen LogP contribution in [0.2, 0.25) is 15.5 Å². The summed E-state index contributed by atoms with van der Waals surface area (Å²) < 4.78 is 118. The number of aryl methyl sites for hydroxylation is 3. The van der Waals surface area contributed by atoms with Crippen LogP contribution in [0.25, 0.3) is 57.1 Å². The van der Waals surface area contributed by atoms with E-state index >= 15 is 0 Å². The van der Waals surface area contributed by atoms with Gasteiger partial charge in [0, 0.05) is 188 Å². The molecule has 0 amide bonds. The smallest absolute Gasteiger partial charge is 0.181 e. The second-order valence-corrected chi connectivity index (χ2v) is 48.8. The fourth-order valence-electron chi connectivity index (χ4n) is 15.2. The molecule has 714 valence electrons. The highest BCUT2D eigenvalue weighted by atomic mass is 35.5. The summed E-state index contributed by atoms with van der Waals surface area (Å²) in [6, 6.07) is 30.2. The van der Waals surface area contributed by atoms with Crippen LogP contribution < -0.4 is 29.2 Å². The first-order valence-corrected chi connectivity index (χ1v) is 55.7. The molecule has 5 aliphatic heterocycles. The molecule has 8 aliphatic rings. The van der Waals surface area contributed by atoms with Crippen molar-refractivity contribution in [2.24, 2.45) is 21.8 Å². The van der Waals surface area contributed by atoms with Gasteiger partial charge >= 0.3 is 0 Å². The van der Waals surface area contributed by atoms with Gasteiger partial charge in [0.05, 0.1) is 133 Å². The zero-order valence-corrected chi connectivity index (χ0v) is 84.0. The Kier molecular flexibility index (Phi) is 32.3. The number of benzene rings is 1. The highest BCUT2D eigenvalue weighted by Gasteiger charge is 2.35. The van der Waals surface area contributed by atoms with Crippen LogP contribution in [0.1, 0.15) is 90.2 Å². The maximum atomic E-state index is 12.9. The number of morpholine rings is 5. The topological polar surface area (TPSA) is 415 Å². The van der Waals surface area contributed by atoms with Gasteiger partial charge in [-0.25, -0.2) is 85.8 Å². The summed E-state index contributed by atoms with van der Waals surface area (Å²) in [6.07, 6.45) is 18.9. The van der Waals surface area contributed by atoms with Gasteiger partial charge in [-0.3, -0.25) is 5.10 Å². The van der Waals surface area contributed by atoms with Crippen LogP contribution >= 0.6 is 34.8 Å². The van der Waals surface area contributed by atoms with E-state index < -0.39 is 48.6 Å². The second-order valence-electron chi connectivity index (χ2n) is 34.8. The Morgan fingerprint density at radius 2 is 0.632 bits per heavy atom. The first-order valence-electron chi connectivity index (χ1n) is 44.0. The Hall–Kier alpha value is -9.50. The molecule has 9 aromatic heterocycles. The average Bonchev–Trinajstić information content (AvgIpc) is 1.77. The summed E-state index contributed by atoms with van der Waals surface area (Å²) in [5, 5.41) is 8.44. The largest absolute Gasteiger partial charge is 0.497 e. The average molecular weight is 1980 g/mol. The lowest BCUT2D eigenvalue weighted by molar-refractivity contribution is 0.0985. The minimum absolute atomic E-state index is 0.161. The van der Waals surface area contributed by atoms with Crippen molar-refractivity contribution in [3.63, 3.8) is 0 Å². The molecule has 3 aliphatic carbocycles. The van der Waals surface area contributed by atoms with E-state index in [9.17, 15) is 21.0 Å². The fraction of sp³-hybridized carbons (Fsp3) is 0.506. The molecule has 36 nitrogen and oxygen atoms in total. The molecular weight excluding hydrogens is 1860 g/mol. The highest BCUT2D eigenvalue weighted by Crippen LogP contribution is 2.39. The van der Waals surface area contributed by atoms with E-state index in [4.69, 9.17) is 83.2 Å². The molecule has 8 fully saturated rings. The van der Waals surface area contributed by atoms with Crippen molar-refractivity contribution in [2.45, 2.75) is 140 Å². The van der Waals surface area contributed by atoms with Crippen LogP contribution in [-0.4, -0.2) is 292 Å². The van der Waals surface area contributed by atoms with E-state index in [1.54, 1.807) is 93.5 Å². The third-order valence-electron chi connectivity index (χ3n) is 22.3. The third-order valence-corrected chi connectivity index (χ3v) is 30.9. The van der Waals surface area contributed by atoms with Crippen molar-refractivity contribution in [1.29, 1.82) is 0 Å². The van der Waals surface area contributed by atoms with Crippen LogP contribution in [0.4, 0.5) is 58.2 Å². The molecule has 1 N–H and O–H groups in total. The number of anilines is 5. The predicted octanol–water partition coefficient (Wildman–Crippen LogP) is 15.0. The summed E-state index contributed by atoms with van der Waals surface area (Å²) in [6.45, 7) is 26.2. The number of hydrogen-bond donors (Lipinski definition) is 1. The van der Waals surface area contributed by atoms with Crippen LogP contribution in [-0.2, 0) is 72.3 Å². The number of H-pyrrole nitrogens is 1. The van der Waals surface area contributed by atoms with E-state index in [0.29, 0.717) is 145 Å². The molecule has 8 atom stereocenters. The van der Waals surface area contributed by atoms with Crippen molar-refractivity contribution in [3.8, 4) is 62.8 Å². The summed E-state index contributed by atoms with van der Waals surface area (Å²) in [7, 11) is -9.96. The zero-order chi connectivity index (χ0) is 94.8. The van der Waals surface area contributed by atoms with Gasteiger partial charge in [0.1, 0.15) is 56.0 Å². The van der Waals surface area contributed by atoms with Gasteiger partial charge in [-0.15, -0.1) is 0 Å². The lowest BCUT2D eigenvalue weighted by Crippen LogP contribution is -2.44. The molecule has 0 bridgehead atoms. The van der Waals surface area contributed by atoms with Crippen molar-refractivity contribution in [2.75, 3.05) is 174 Å². The first kappa shape index (κ1) is 99.5. The Bertz CT molecular complexity index is 6090. The highest BCUT2D eigenvalue weighted by molar-refractivity contribution is 7.94. The summed E-state index contributed by atoms with van der Waals surface area (Å²) >= 11 is 18.4. The zero-order valence-electron chi connectivity index (χ0n) is 77.7. The van der Waals surface area contributed by atoms with E-state index in [1.807, 2.05) is 81.4 Å². The fourth-order valence-corrected chi connectivity index (χ4v) is 21.9. The Balaban J connectivity index is 0.000000134. The Labute approximate surface area is 794 Å². The number of methoxy groups -OCH3 is 1. The number of nitrogens with one attached hydrogen (secondary N) is 1. The van der Waals surface area contributed by atoms with Gasteiger partial charge in [-0.05, 0) is 149 Å². The Morgan fingerprint density at radius 1 is 0.353 bits per heavy atom. The standard InChI is InChI=1S/3C19H24ClN5O2S.C18H24N4O3S.C14H20N6O2S/c3*1-12-8-14(9-16(20)21-12)19-22-17(24-28(3,26)15-4-5-15)10-18(23-19)25-6-7-27-11-13(25)2;1-13-12-25-9-8-22(13)17-11-16(21-26(3,4)23)19-18(20-17)14-6-5-7-15(10-14)24-2;1-10-9-22-7-6-20(10)13-8-12(19-23(2,3)21)16-14(17-13)11-4-5-15-18-11/h3*8-10,13,15H,4-7,11H2,1-3H3;5-7,10-11,13H,8-9,12H2,1-4H3;4-5,8,10H,6-7,9H2,1-3H3,(H,15,18)/t13-,28?;13-,28+;13-,28-;13-;10-/m11111/s1. The minimum atomic E-state index is -2.33. The summed E-state index contributed by atoms with van der Waals surface area (Å²) in [4.78, 5) is 69.9. The number of ether oxygens (including phenoxy) is 6. The molecule has 10 aromatic rings. The third kappa shape index (κ3) is 27.9. The molecule has 0 radical (unpaired) electrons. The molecule has 0 spiro atoms. The number of aromatic nitrogens is 15. The van der Waals surface area contributed by atoms with Gasteiger partial charge in [0.25, 0.3) is 0 Å². The molecule has 14 heterocycles. The number of aromatic amines is 1. The minimum Gasteiger partial charge on any atom is -0.497 e. The summed E-state index contributed by atoms with van der Waals surface area (Å²) in [5.74, 6) is 9.23. The van der Waals surface area contributed by atoms with E-state index in [2.05, 4.69) is 136 Å². The molecule has 5 saturated heterocycles. The van der Waals surface area contributed by atoms with Crippen molar-refractivity contribution >= 4 is 142 Å². The van der Waals surface area contributed by atoms with Crippen LogP contribution in [0.3, 0.4) is 0 Å². The number of nitrogens with zero attached hydrogens (tertiary/aromatic N) is 24. The maximum Gasteiger partial charge on any atom is 0.181 e. The van der Waals surface area contributed by atoms with Crippen LogP contribution in [0.5, 0.6) is 5.75 Å². The van der Waals surface area contributed by atoms with Crippen molar-refractivity contribution < 1.29 is 49.5 Å². The molecule has 3 saturated carbocycles. The SMILES string of the molecule is COc1cccc(-c2nc(N=S(C)(C)=O)cc(N3CCOC[C@H]3C)n2)c1.C[C@@H]1COCCN1c1cc(N=S(C)(C)=O)nc(-c2ccn[nH]2)n1.Cc1cc(-c2nc(N=S(C)(=O)C3CC3)cc(N3CCOC[C@H]3C)n2)cc(Cl)n1.Cc1cc(-c2nc(N=[S@@](C)(=O)C3CC3)cc(N3CCOC[C@H]3C)n2)cc(Cl)n1.Cc1cc(-c2nc(N=[S@](C)(=O)C3CC3)cc(N3CCOC[C@H]3C)n2)cc(Cl)n1.